The third-order valence-electron chi connectivity index (χ3n) is 2.60. The second kappa shape index (κ2) is 5.59. The number of aliphatic hydroxyl groups is 1. The van der Waals surface area contributed by atoms with Crippen LogP contribution >= 0.6 is 0 Å². The Bertz CT molecular complexity index is 245. The van der Waals surface area contributed by atoms with E-state index in [1.165, 1.54) is 11.8 Å². The van der Waals surface area contributed by atoms with E-state index < -0.39 is 24.3 Å². The molecule has 0 radical (unpaired) electrons. The quantitative estimate of drug-likeness (QED) is 0.782. The van der Waals surface area contributed by atoms with Gasteiger partial charge in [0.05, 0.1) is 18.8 Å². The Hall–Kier alpha value is -0.680. The summed E-state index contributed by atoms with van der Waals surface area (Å²) in [5.41, 5.74) is 0. The largest absolute Gasteiger partial charge is 0.384 e. The number of alkyl halides is 1. The number of hydrogen-bond donors (Lipinski definition) is 1. The van der Waals surface area contributed by atoms with Crippen molar-refractivity contribution in [1.29, 1.82) is 0 Å². The summed E-state index contributed by atoms with van der Waals surface area (Å²) < 4.78 is 19.1. The van der Waals surface area contributed by atoms with E-state index in [4.69, 9.17) is 9.84 Å². The second-order valence-electron chi connectivity index (χ2n) is 4.49. The van der Waals surface area contributed by atoms with E-state index in [1.807, 2.05) is 13.8 Å². The number of piperidine rings is 1. The van der Waals surface area contributed by atoms with Crippen molar-refractivity contribution in [2.45, 2.75) is 51.7 Å². The third-order valence-corrected chi connectivity index (χ3v) is 2.60. The summed E-state index contributed by atoms with van der Waals surface area (Å²) in [6.07, 6.45) is -2.19. The summed E-state index contributed by atoms with van der Waals surface area (Å²) in [5, 5.41) is 9.13. The van der Waals surface area contributed by atoms with Crippen LogP contribution in [-0.2, 0) is 9.53 Å². The van der Waals surface area contributed by atoms with Crippen LogP contribution in [0.3, 0.4) is 0 Å². The highest BCUT2D eigenvalue weighted by Gasteiger charge is 2.33. The Morgan fingerprint density at radius 1 is 1.50 bits per heavy atom. The number of likely N-dealkylation sites (tertiary alicyclic amines) is 1. The first kappa shape index (κ1) is 13.4. The monoisotopic (exact) mass is 233 g/mol. The molecule has 4 nitrogen and oxygen atoms in total. The van der Waals surface area contributed by atoms with Gasteiger partial charge in [-0.3, -0.25) is 4.79 Å². The summed E-state index contributed by atoms with van der Waals surface area (Å²) in [6, 6.07) is 0. The lowest BCUT2D eigenvalue weighted by atomic mass is 10.1. The van der Waals surface area contributed by atoms with Gasteiger partial charge in [-0.25, -0.2) is 4.39 Å². The molecule has 0 aromatic heterocycles. The second-order valence-corrected chi connectivity index (χ2v) is 4.49. The van der Waals surface area contributed by atoms with Crippen molar-refractivity contribution >= 4 is 5.91 Å². The molecule has 94 valence electrons. The van der Waals surface area contributed by atoms with Gasteiger partial charge in [0.15, 0.2) is 0 Å². The van der Waals surface area contributed by atoms with E-state index in [1.54, 1.807) is 0 Å². The number of rotatable bonds is 3. The van der Waals surface area contributed by atoms with Crippen LogP contribution in [0.5, 0.6) is 0 Å². The first-order valence-electron chi connectivity index (χ1n) is 5.68. The normalized spacial score (nSPS) is 28.2. The number of halogens is 1. The number of aliphatic hydroxyl groups excluding tert-OH is 1. The molecule has 0 unspecified atom stereocenters. The van der Waals surface area contributed by atoms with E-state index in [2.05, 4.69) is 0 Å². The van der Waals surface area contributed by atoms with E-state index in [0.717, 1.165) is 0 Å². The molecule has 1 N–H and O–H groups in total. The molecule has 5 heteroatoms. The molecule has 0 saturated carbocycles. The Morgan fingerprint density at radius 2 is 2.12 bits per heavy atom. The minimum atomic E-state index is -1.17. The molecule has 1 heterocycles. The zero-order chi connectivity index (χ0) is 12.3. The van der Waals surface area contributed by atoms with Crippen LogP contribution in [0.1, 0.15) is 27.2 Å². The van der Waals surface area contributed by atoms with Crippen molar-refractivity contribution in [1.82, 2.24) is 4.90 Å². The molecule has 3 atom stereocenters. The van der Waals surface area contributed by atoms with Crippen molar-refractivity contribution in [3.8, 4) is 0 Å². The average Bonchev–Trinajstić information content (AvgIpc) is 2.19. The Kier molecular flexibility index (Phi) is 4.68. The lowest BCUT2D eigenvalue weighted by molar-refractivity contribution is -0.146. The molecule has 1 fully saturated rings. The summed E-state index contributed by atoms with van der Waals surface area (Å²) in [4.78, 5) is 12.8. The Balaban J connectivity index is 2.48. The molecule has 1 aliphatic rings. The first-order valence-corrected chi connectivity index (χ1v) is 5.68. The highest BCUT2D eigenvalue weighted by atomic mass is 19.1. The van der Waals surface area contributed by atoms with Gasteiger partial charge in [0, 0.05) is 6.54 Å². The molecule has 0 aromatic carbocycles. The lowest BCUT2D eigenvalue weighted by Gasteiger charge is -2.35. The van der Waals surface area contributed by atoms with Gasteiger partial charge in [-0.2, -0.15) is 0 Å². The zero-order valence-corrected chi connectivity index (χ0v) is 10.0. The van der Waals surface area contributed by atoms with E-state index in [-0.39, 0.29) is 12.6 Å². The summed E-state index contributed by atoms with van der Waals surface area (Å²) in [5.74, 6) is -0.411. The van der Waals surface area contributed by atoms with Crippen molar-refractivity contribution in [3.63, 3.8) is 0 Å². The predicted octanol–water partition coefficient (Wildman–Crippen LogP) is 0.731. The molecule has 1 aliphatic heterocycles. The van der Waals surface area contributed by atoms with Gasteiger partial charge in [-0.05, 0) is 27.2 Å². The van der Waals surface area contributed by atoms with Crippen LogP contribution in [0.4, 0.5) is 4.39 Å². The number of carbonyl (C=O) groups excluding carboxylic acids is 1. The van der Waals surface area contributed by atoms with Crippen LogP contribution < -0.4 is 0 Å². The van der Waals surface area contributed by atoms with Gasteiger partial charge in [-0.15, -0.1) is 0 Å². The van der Waals surface area contributed by atoms with Crippen LogP contribution in [0.25, 0.3) is 0 Å². The van der Waals surface area contributed by atoms with Crippen LogP contribution in [0.2, 0.25) is 0 Å². The topological polar surface area (TPSA) is 49.8 Å². The van der Waals surface area contributed by atoms with E-state index in [9.17, 15) is 9.18 Å². The highest BCUT2D eigenvalue weighted by molar-refractivity contribution is 5.80. The van der Waals surface area contributed by atoms with Crippen LogP contribution in [-0.4, -0.2) is 53.5 Å². The molecule has 1 amide bonds. The summed E-state index contributed by atoms with van der Waals surface area (Å²) in [7, 11) is 0. The smallest absolute Gasteiger partial charge is 0.251 e. The Morgan fingerprint density at radius 3 is 2.56 bits per heavy atom. The lowest BCUT2D eigenvalue weighted by Crippen LogP contribution is -2.51. The standard InChI is InChI=1S/C11H20FNO3/c1-7(2)16-10-4-5-13(6-9(10)12)11(15)8(3)14/h7-10,14H,4-6H2,1-3H3/t8-,9-,10-/m0/s1. The molecule has 0 aliphatic carbocycles. The van der Waals surface area contributed by atoms with Gasteiger partial charge >= 0.3 is 0 Å². The van der Waals surface area contributed by atoms with E-state index in [0.29, 0.717) is 13.0 Å². The maximum atomic E-state index is 13.7. The number of amides is 1. The average molecular weight is 233 g/mol. The number of ether oxygens (including phenoxy) is 1. The van der Waals surface area contributed by atoms with Gasteiger partial charge in [-0.1, -0.05) is 0 Å². The molecule has 16 heavy (non-hydrogen) atoms. The van der Waals surface area contributed by atoms with Gasteiger partial charge in [0.1, 0.15) is 12.3 Å². The van der Waals surface area contributed by atoms with Gasteiger partial charge in [0.2, 0.25) is 0 Å². The van der Waals surface area contributed by atoms with Crippen LogP contribution in [0.15, 0.2) is 0 Å². The molecule has 0 bridgehead atoms. The number of carbonyl (C=O) groups is 1. The SMILES string of the molecule is CC(C)O[C@H]1CCN(C(=O)[C@H](C)O)C[C@@H]1F. The summed E-state index contributed by atoms with van der Waals surface area (Å²) in [6.45, 7) is 5.58. The number of nitrogens with zero attached hydrogens (tertiary/aromatic N) is 1. The minimum absolute atomic E-state index is 0.0118. The summed E-state index contributed by atoms with van der Waals surface area (Å²) >= 11 is 0. The fourth-order valence-electron chi connectivity index (χ4n) is 1.85. The van der Waals surface area contributed by atoms with Crippen molar-refractivity contribution < 1.29 is 19.0 Å². The molecule has 1 rings (SSSR count). The van der Waals surface area contributed by atoms with Crippen molar-refractivity contribution in [3.05, 3.63) is 0 Å². The Labute approximate surface area is 95.4 Å². The van der Waals surface area contributed by atoms with Crippen LogP contribution in [0, 0.1) is 0 Å². The van der Waals surface area contributed by atoms with Crippen molar-refractivity contribution in [2.24, 2.45) is 0 Å². The molecular weight excluding hydrogens is 213 g/mol. The first-order chi connectivity index (χ1) is 7.41. The predicted molar refractivity (Wildman–Crippen MR) is 57.8 cm³/mol. The van der Waals surface area contributed by atoms with Gasteiger partial charge in [0.25, 0.3) is 5.91 Å². The fraction of sp³-hybridized carbons (Fsp3) is 0.909. The molecule has 0 aromatic rings. The zero-order valence-electron chi connectivity index (χ0n) is 10.0. The fourth-order valence-corrected chi connectivity index (χ4v) is 1.85. The maximum Gasteiger partial charge on any atom is 0.251 e. The van der Waals surface area contributed by atoms with Gasteiger partial charge < -0.3 is 14.7 Å². The third kappa shape index (κ3) is 3.42. The van der Waals surface area contributed by atoms with Crippen molar-refractivity contribution in [2.75, 3.05) is 13.1 Å². The highest BCUT2D eigenvalue weighted by Crippen LogP contribution is 2.19. The molecule has 0 spiro atoms. The number of hydrogen-bond acceptors (Lipinski definition) is 3. The molecular formula is C11H20FNO3. The van der Waals surface area contributed by atoms with E-state index >= 15 is 0 Å². The maximum absolute atomic E-state index is 13.7. The molecule has 1 saturated heterocycles. The minimum Gasteiger partial charge on any atom is -0.384 e.